The van der Waals surface area contributed by atoms with Crippen molar-refractivity contribution in [2.45, 2.75) is 19.4 Å². The zero-order valence-corrected chi connectivity index (χ0v) is 8.38. The molecule has 0 spiro atoms. The van der Waals surface area contributed by atoms with Crippen molar-refractivity contribution in [3.63, 3.8) is 0 Å². The van der Waals surface area contributed by atoms with Crippen molar-refractivity contribution in [1.29, 1.82) is 0 Å². The van der Waals surface area contributed by atoms with Crippen molar-refractivity contribution < 1.29 is 13.2 Å². The quantitative estimate of drug-likeness (QED) is 0.769. The fourth-order valence-electron chi connectivity index (χ4n) is 1.07. The van der Waals surface area contributed by atoms with Crippen LogP contribution < -0.4 is 5.73 Å². The van der Waals surface area contributed by atoms with Crippen LogP contribution in [-0.2, 0) is 6.42 Å². The highest BCUT2D eigenvalue weighted by Gasteiger charge is 2.10. The van der Waals surface area contributed by atoms with E-state index in [0.717, 1.165) is 6.07 Å². The average Bonchev–Trinajstić information content (AvgIpc) is 1.99. The molecule has 1 rings (SSSR count). The topological polar surface area (TPSA) is 26.0 Å². The zero-order valence-electron chi connectivity index (χ0n) is 7.56. The molecular formula is C9H11ClF3N. The maximum absolute atomic E-state index is 12.9. The Balaban J connectivity index is 0.00000169. The van der Waals surface area contributed by atoms with Gasteiger partial charge in [-0.1, -0.05) is 0 Å². The average molecular weight is 226 g/mol. The summed E-state index contributed by atoms with van der Waals surface area (Å²) in [4.78, 5) is 0. The molecular weight excluding hydrogens is 215 g/mol. The van der Waals surface area contributed by atoms with E-state index in [1.807, 2.05) is 0 Å². The van der Waals surface area contributed by atoms with Crippen molar-refractivity contribution in [3.8, 4) is 0 Å². The van der Waals surface area contributed by atoms with Crippen molar-refractivity contribution in [2.75, 3.05) is 0 Å². The third-order valence-corrected chi connectivity index (χ3v) is 1.63. The summed E-state index contributed by atoms with van der Waals surface area (Å²) in [5.74, 6) is -2.97. The van der Waals surface area contributed by atoms with Gasteiger partial charge < -0.3 is 5.73 Å². The Labute approximate surface area is 86.5 Å². The molecule has 0 heterocycles. The fraction of sp³-hybridized carbons (Fsp3) is 0.333. The Morgan fingerprint density at radius 1 is 1.14 bits per heavy atom. The number of rotatable bonds is 2. The fourth-order valence-corrected chi connectivity index (χ4v) is 1.07. The van der Waals surface area contributed by atoms with E-state index in [1.54, 1.807) is 6.92 Å². The molecule has 1 aromatic rings. The van der Waals surface area contributed by atoms with Gasteiger partial charge in [-0.05, 0) is 25.0 Å². The third-order valence-electron chi connectivity index (χ3n) is 1.63. The van der Waals surface area contributed by atoms with Crippen LogP contribution in [0.1, 0.15) is 12.5 Å². The molecule has 1 atom stereocenters. The van der Waals surface area contributed by atoms with Gasteiger partial charge in [0.25, 0.3) is 0 Å². The molecule has 1 unspecified atom stereocenters. The minimum Gasteiger partial charge on any atom is -0.328 e. The highest BCUT2D eigenvalue weighted by molar-refractivity contribution is 5.85. The van der Waals surface area contributed by atoms with Crippen LogP contribution >= 0.6 is 12.4 Å². The van der Waals surface area contributed by atoms with Crippen LogP contribution in [0, 0.1) is 17.5 Å². The van der Waals surface area contributed by atoms with E-state index < -0.39 is 17.5 Å². The molecule has 2 N–H and O–H groups in total. The largest absolute Gasteiger partial charge is 0.328 e. The van der Waals surface area contributed by atoms with E-state index in [1.165, 1.54) is 0 Å². The zero-order chi connectivity index (χ0) is 10.0. The Bertz CT molecular complexity index is 315. The second-order valence-electron chi connectivity index (χ2n) is 3.04. The van der Waals surface area contributed by atoms with Gasteiger partial charge in [0.05, 0.1) is 0 Å². The second kappa shape index (κ2) is 5.22. The van der Waals surface area contributed by atoms with Gasteiger partial charge in [0, 0.05) is 12.1 Å². The SMILES string of the molecule is CC(N)Cc1cc(F)c(F)cc1F.Cl. The molecule has 0 aliphatic carbocycles. The summed E-state index contributed by atoms with van der Waals surface area (Å²) in [5.41, 5.74) is 5.50. The standard InChI is InChI=1S/C9H10F3N.ClH/c1-5(13)2-6-3-8(11)9(12)4-7(6)10;/h3-5H,2,13H2,1H3;1H. The van der Waals surface area contributed by atoms with Gasteiger partial charge in [-0.25, -0.2) is 13.2 Å². The summed E-state index contributed by atoms with van der Waals surface area (Å²) in [7, 11) is 0. The van der Waals surface area contributed by atoms with Gasteiger partial charge in [-0.3, -0.25) is 0 Å². The molecule has 80 valence electrons. The van der Waals surface area contributed by atoms with Gasteiger partial charge >= 0.3 is 0 Å². The first-order chi connectivity index (χ1) is 6.00. The Morgan fingerprint density at radius 2 is 1.64 bits per heavy atom. The lowest BCUT2D eigenvalue weighted by Crippen LogP contribution is -2.18. The van der Waals surface area contributed by atoms with E-state index in [9.17, 15) is 13.2 Å². The summed E-state index contributed by atoms with van der Waals surface area (Å²) < 4.78 is 38.0. The van der Waals surface area contributed by atoms with Gasteiger partial charge in [-0.2, -0.15) is 0 Å². The van der Waals surface area contributed by atoms with Crippen LogP contribution in [0.15, 0.2) is 12.1 Å². The molecule has 0 amide bonds. The Kier molecular flexibility index (Phi) is 4.94. The first-order valence-corrected chi connectivity index (χ1v) is 3.89. The third kappa shape index (κ3) is 3.20. The maximum Gasteiger partial charge on any atom is 0.161 e. The van der Waals surface area contributed by atoms with Gasteiger partial charge in [0.2, 0.25) is 0 Å². The molecule has 1 nitrogen and oxygen atoms in total. The predicted octanol–water partition coefficient (Wildman–Crippen LogP) is 2.42. The second-order valence-corrected chi connectivity index (χ2v) is 3.04. The van der Waals surface area contributed by atoms with Gasteiger partial charge in [-0.15, -0.1) is 12.4 Å². The lowest BCUT2D eigenvalue weighted by Gasteiger charge is -2.06. The number of benzene rings is 1. The van der Waals surface area contributed by atoms with Crippen molar-refractivity contribution in [2.24, 2.45) is 5.73 Å². The predicted molar refractivity (Wildman–Crippen MR) is 50.9 cm³/mol. The maximum atomic E-state index is 12.9. The summed E-state index contributed by atoms with van der Waals surface area (Å²) in [6.07, 6.45) is 0.197. The van der Waals surface area contributed by atoms with Crippen molar-refractivity contribution in [1.82, 2.24) is 0 Å². The molecule has 0 aliphatic rings. The van der Waals surface area contributed by atoms with Gasteiger partial charge in [0.15, 0.2) is 11.6 Å². The van der Waals surface area contributed by atoms with Gasteiger partial charge in [0.1, 0.15) is 5.82 Å². The van der Waals surface area contributed by atoms with E-state index >= 15 is 0 Å². The van der Waals surface area contributed by atoms with Crippen molar-refractivity contribution in [3.05, 3.63) is 35.1 Å². The first kappa shape index (κ1) is 13.3. The normalized spacial score (nSPS) is 12.1. The van der Waals surface area contributed by atoms with E-state index in [2.05, 4.69) is 0 Å². The summed E-state index contributed by atoms with van der Waals surface area (Å²) in [5, 5.41) is 0. The van der Waals surface area contributed by atoms with Crippen LogP contribution in [-0.4, -0.2) is 6.04 Å². The molecule has 0 aromatic heterocycles. The molecule has 0 saturated heterocycles. The van der Waals surface area contributed by atoms with Crippen LogP contribution in [0.4, 0.5) is 13.2 Å². The molecule has 0 bridgehead atoms. The first-order valence-electron chi connectivity index (χ1n) is 3.89. The lowest BCUT2D eigenvalue weighted by atomic mass is 10.1. The smallest absolute Gasteiger partial charge is 0.161 e. The van der Waals surface area contributed by atoms with E-state index in [-0.39, 0.29) is 30.4 Å². The monoisotopic (exact) mass is 225 g/mol. The molecule has 0 saturated carbocycles. The highest BCUT2D eigenvalue weighted by atomic mass is 35.5. The van der Waals surface area contributed by atoms with Crippen LogP contribution in [0.2, 0.25) is 0 Å². The minimum atomic E-state index is -1.18. The molecule has 5 heteroatoms. The van der Waals surface area contributed by atoms with Crippen LogP contribution in [0.5, 0.6) is 0 Å². The highest BCUT2D eigenvalue weighted by Crippen LogP contribution is 2.14. The van der Waals surface area contributed by atoms with E-state index in [0.29, 0.717) is 6.07 Å². The molecule has 0 aliphatic heterocycles. The minimum absolute atomic E-state index is 0. The summed E-state index contributed by atoms with van der Waals surface area (Å²) in [6, 6.07) is 1.10. The number of hydrogen-bond acceptors (Lipinski definition) is 1. The summed E-state index contributed by atoms with van der Waals surface area (Å²) in [6.45, 7) is 1.67. The number of halogens is 4. The van der Waals surface area contributed by atoms with Crippen LogP contribution in [0.3, 0.4) is 0 Å². The summed E-state index contributed by atoms with van der Waals surface area (Å²) >= 11 is 0. The van der Waals surface area contributed by atoms with Crippen LogP contribution in [0.25, 0.3) is 0 Å². The van der Waals surface area contributed by atoms with E-state index in [4.69, 9.17) is 5.73 Å². The lowest BCUT2D eigenvalue weighted by molar-refractivity contribution is 0.488. The Hall–Kier alpha value is -0.740. The number of hydrogen-bond donors (Lipinski definition) is 1. The number of nitrogens with two attached hydrogens (primary N) is 1. The molecule has 0 fully saturated rings. The molecule has 14 heavy (non-hydrogen) atoms. The molecule has 1 aromatic carbocycles. The Morgan fingerprint density at radius 3 is 2.14 bits per heavy atom. The van der Waals surface area contributed by atoms with Crippen molar-refractivity contribution >= 4 is 12.4 Å². The molecule has 0 radical (unpaired) electrons.